The Balaban J connectivity index is 1.55. The lowest BCUT2D eigenvalue weighted by atomic mass is 10.1. The summed E-state index contributed by atoms with van der Waals surface area (Å²) in [7, 11) is 0. The predicted octanol–water partition coefficient (Wildman–Crippen LogP) is 3.92. The summed E-state index contributed by atoms with van der Waals surface area (Å²) in [4.78, 5) is 38.6. The van der Waals surface area contributed by atoms with Crippen molar-refractivity contribution in [3.63, 3.8) is 0 Å². The number of carbonyl (C=O) groups is 3. The van der Waals surface area contributed by atoms with Crippen LogP contribution in [-0.2, 0) is 9.59 Å². The van der Waals surface area contributed by atoms with E-state index in [-0.39, 0.29) is 23.8 Å². The largest absolute Gasteiger partial charge is 0.330 e. The van der Waals surface area contributed by atoms with Crippen LogP contribution in [0.15, 0.2) is 54.6 Å². The summed E-state index contributed by atoms with van der Waals surface area (Å²) in [6.07, 6.45) is 1.50. The van der Waals surface area contributed by atoms with Gasteiger partial charge in [0.2, 0.25) is 11.8 Å². The lowest BCUT2D eigenvalue weighted by Gasteiger charge is -2.25. The van der Waals surface area contributed by atoms with Gasteiger partial charge >= 0.3 is 6.03 Å². The highest BCUT2D eigenvalue weighted by molar-refractivity contribution is 6.00. The molecule has 3 N–H and O–H groups in total. The van der Waals surface area contributed by atoms with Gasteiger partial charge in [0.25, 0.3) is 0 Å². The average Bonchev–Trinajstić information content (AvgIpc) is 3.19. The van der Waals surface area contributed by atoms with Gasteiger partial charge in [0.15, 0.2) is 0 Å². The van der Waals surface area contributed by atoms with E-state index in [1.165, 1.54) is 0 Å². The van der Waals surface area contributed by atoms with E-state index in [9.17, 15) is 14.4 Å². The van der Waals surface area contributed by atoms with E-state index < -0.39 is 6.04 Å². The zero-order valence-corrected chi connectivity index (χ0v) is 16.6. The molecular formula is C22H26N4O3. The molecular weight excluding hydrogens is 368 g/mol. The van der Waals surface area contributed by atoms with Gasteiger partial charge < -0.3 is 20.9 Å². The van der Waals surface area contributed by atoms with Crippen LogP contribution < -0.4 is 16.0 Å². The first-order chi connectivity index (χ1) is 13.9. The first-order valence-electron chi connectivity index (χ1n) is 9.78. The monoisotopic (exact) mass is 394 g/mol. The highest BCUT2D eigenvalue weighted by Crippen LogP contribution is 2.22. The molecule has 0 aliphatic carbocycles. The number of urea groups is 1. The maximum atomic E-state index is 12.6. The number of likely N-dealkylation sites (tertiary alicyclic amines) is 1. The quantitative estimate of drug-likeness (QED) is 0.718. The molecule has 2 aromatic carbocycles. The fourth-order valence-corrected chi connectivity index (χ4v) is 3.31. The predicted molar refractivity (Wildman–Crippen MR) is 114 cm³/mol. The Hall–Kier alpha value is -3.35. The Morgan fingerprint density at radius 2 is 1.41 bits per heavy atom. The first-order valence-corrected chi connectivity index (χ1v) is 9.78. The number of benzene rings is 2. The summed E-state index contributed by atoms with van der Waals surface area (Å²) in [5, 5.41) is 8.35. The lowest BCUT2D eigenvalue weighted by molar-refractivity contribution is -0.139. The van der Waals surface area contributed by atoms with Crippen molar-refractivity contribution in [1.82, 2.24) is 4.90 Å². The van der Waals surface area contributed by atoms with Gasteiger partial charge in [0.05, 0.1) is 0 Å². The minimum Gasteiger partial charge on any atom is -0.330 e. The lowest BCUT2D eigenvalue weighted by Crippen LogP contribution is -2.44. The molecule has 1 aliphatic heterocycles. The third-order valence-corrected chi connectivity index (χ3v) is 4.77. The topological polar surface area (TPSA) is 90.5 Å². The summed E-state index contributed by atoms with van der Waals surface area (Å²) in [6.45, 7) is 4.30. The molecule has 7 nitrogen and oxygen atoms in total. The van der Waals surface area contributed by atoms with Crippen LogP contribution in [0.5, 0.6) is 0 Å². The van der Waals surface area contributed by atoms with Gasteiger partial charge in [-0.15, -0.1) is 0 Å². The number of hydrogen-bond acceptors (Lipinski definition) is 3. The fourth-order valence-electron chi connectivity index (χ4n) is 3.31. The second-order valence-corrected chi connectivity index (χ2v) is 7.36. The third kappa shape index (κ3) is 5.34. The van der Waals surface area contributed by atoms with Gasteiger partial charge in [-0.1, -0.05) is 32.0 Å². The average molecular weight is 394 g/mol. The Labute approximate surface area is 170 Å². The number of nitrogens with one attached hydrogen (secondary N) is 3. The Morgan fingerprint density at radius 3 is 2.00 bits per heavy atom. The Kier molecular flexibility index (Phi) is 6.49. The standard InChI is InChI=1S/C22H26N4O3/c1-15(2)21(28)26-14-6-9-19(26)20(27)23-17-10-12-18(13-11-17)25-22(29)24-16-7-4-3-5-8-16/h3-5,7-8,10-13,15,19H,6,9,14H2,1-2H3,(H,23,27)(H2,24,25,29). The molecule has 1 heterocycles. The van der Waals surface area contributed by atoms with Crippen molar-refractivity contribution >= 4 is 34.9 Å². The molecule has 1 aliphatic rings. The van der Waals surface area contributed by atoms with Crippen LogP contribution in [0.1, 0.15) is 26.7 Å². The van der Waals surface area contributed by atoms with Crippen molar-refractivity contribution in [2.24, 2.45) is 5.92 Å². The SMILES string of the molecule is CC(C)C(=O)N1CCCC1C(=O)Nc1ccc(NC(=O)Nc2ccccc2)cc1. The molecule has 1 fully saturated rings. The number of amides is 4. The molecule has 0 saturated carbocycles. The van der Waals surface area contributed by atoms with Crippen molar-refractivity contribution in [3.05, 3.63) is 54.6 Å². The highest BCUT2D eigenvalue weighted by Gasteiger charge is 2.34. The summed E-state index contributed by atoms with van der Waals surface area (Å²) in [5.41, 5.74) is 1.92. The van der Waals surface area contributed by atoms with Gasteiger partial charge in [0.1, 0.15) is 6.04 Å². The summed E-state index contributed by atoms with van der Waals surface area (Å²) < 4.78 is 0. The maximum absolute atomic E-state index is 12.6. The van der Waals surface area contributed by atoms with Crippen molar-refractivity contribution in [3.8, 4) is 0 Å². The minimum atomic E-state index is -0.431. The van der Waals surface area contributed by atoms with Crippen LogP contribution in [0.2, 0.25) is 0 Å². The van der Waals surface area contributed by atoms with Gasteiger partial charge in [-0.3, -0.25) is 9.59 Å². The number of nitrogens with zero attached hydrogens (tertiary/aromatic N) is 1. The molecule has 29 heavy (non-hydrogen) atoms. The summed E-state index contributed by atoms with van der Waals surface area (Å²) in [5.74, 6) is -0.304. The molecule has 4 amide bonds. The molecule has 0 radical (unpaired) electrons. The Morgan fingerprint density at radius 1 is 0.862 bits per heavy atom. The number of para-hydroxylation sites is 1. The summed E-state index contributed by atoms with van der Waals surface area (Å²) in [6, 6.07) is 15.3. The molecule has 0 aromatic heterocycles. The molecule has 2 aromatic rings. The second kappa shape index (κ2) is 9.23. The molecule has 1 unspecified atom stereocenters. The fraction of sp³-hybridized carbons (Fsp3) is 0.318. The zero-order valence-electron chi connectivity index (χ0n) is 16.6. The van der Waals surface area contributed by atoms with Crippen molar-refractivity contribution in [2.75, 3.05) is 22.5 Å². The molecule has 3 rings (SSSR count). The minimum absolute atomic E-state index is 0.00614. The maximum Gasteiger partial charge on any atom is 0.323 e. The van der Waals surface area contributed by atoms with Gasteiger partial charge in [-0.25, -0.2) is 4.79 Å². The van der Waals surface area contributed by atoms with E-state index in [1.807, 2.05) is 32.0 Å². The number of carbonyl (C=O) groups excluding carboxylic acids is 3. The molecule has 7 heteroatoms. The van der Waals surface area contributed by atoms with E-state index in [0.29, 0.717) is 30.0 Å². The van der Waals surface area contributed by atoms with Gasteiger partial charge in [-0.2, -0.15) is 0 Å². The third-order valence-electron chi connectivity index (χ3n) is 4.77. The highest BCUT2D eigenvalue weighted by atomic mass is 16.2. The van der Waals surface area contributed by atoms with E-state index in [2.05, 4.69) is 16.0 Å². The van der Waals surface area contributed by atoms with E-state index in [0.717, 1.165) is 6.42 Å². The van der Waals surface area contributed by atoms with Crippen LogP contribution >= 0.6 is 0 Å². The van der Waals surface area contributed by atoms with Crippen molar-refractivity contribution in [1.29, 1.82) is 0 Å². The van der Waals surface area contributed by atoms with Crippen molar-refractivity contribution < 1.29 is 14.4 Å². The number of rotatable bonds is 5. The summed E-state index contributed by atoms with van der Waals surface area (Å²) >= 11 is 0. The first kappa shape index (κ1) is 20.4. The molecule has 152 valence electrons. The van der Waals surface area contributed by atoms with Gasteiger partial charge in [-0.05, 0) is 49.2 Å². The van der Waals surface area contributed by atoms with Crippen LogP contribution in [0.4, 0.5) is 21.9 Å². The molecule has 1 atom stereocenters. The van der Waals surface area contributed by atoms with Crippen LogP contribution in [0.3, 0.4) is 0 Å². The zero-order chi connectivity index (χ0) is 20.8. The number of hydrogen-bond donors (Lipinski definition) is 3. The van der Waals surface area contributed by atoms with Crippen LogP contribution in [0, 0.1) is 5.92 Å². The van der Waals surface area contributed by atoms with E-state index in [4.69, 9.17) is 0 Å². The second-order valence-electron chi connectivity index (χ2n) is 7.36. The molecule has 1 saturated heterocycles. The van der Waals surface area contributed by atoms with Crippen LogP contribution in [0.25, 0.3) is 0 Å². The van der Waals surface area contributed by atoms with Gasteiger partial charge in [0, 0.05) is 29.5 Å². The number of anilines is 3. The van der Waals surface area contributed by atoms with E-state index >= 15 is 0 Å². The van der Waals surface area contributed by atoms with Crippen LogP contribution in [-0.4, -0.2) is 35.3 Å². The van der Waals surface area contributed by atoms with Crippen molar-refractivity contribution in [2.45, 2.75) is 32.7 Å². The van der Waals surface area contributed by atoms with E-state index in [1.54, 1.807) is 41.3 Å². The smallest absolute Gasteiger partial charge is 0.323 e. The molecule has 0 bridgehead atoms. The normalized spacial score (nSPS) is 15.8. The Bertz CT molecular complexity index is 865. The molecule has 0 spiro atoms.